The molecule has 8 heteroatoms. The van der Waals surface area contributed by atoms with Crippen molar-refractivity contribution in [3.63, 3.8) is 0 Å². The van der Waals surface area contributed by atoms with Crippen LogP contribution in [0.1, 0.15) is 18.4 Å². The Hall–Kier alpha value is -0.720. The predicted molar refractivity (Wildman–Crippen MR) is 77.8 cm³/mol. The highest BCUT2D eigenvalue weighted by atomic mass is 35.5. The number of alkyl halides is 3. The zero-order valence-electron chi connectivity index (χ0n) is 10.7. The van der Waals surface area contributed by atoms with Crippen LogP contribution in [0.3, 0.4) is 0 Å². The molecule has 2 rings (SSSR count). The highest BCUT2D eigenvalue weighted by Gasteiger charge is 2.34. The van der Waals surface area contributed by atoms with Crippen LogP contribution in [-0.2, 0) is 6.18 Å². The number of hydrogen-bond acceptors (Lipinski definition) is 3. The summed E-state index contributed by atoms with van der Waals surface area (Å²) in [5.41, 5.74) is -0.695. The fraction of sp³-hybridized carbons (Fsp3) is 0.583. The second kappa shape index (κ2) is 8.54. The van der Waals surface area contributed by atoms with Crippen molar-refractivity contribution >= 4 is 30.6 Å². The van der Waals surface area contributed by atoms with Gasteiger partial charge in [-0.2, -0.15) is 13.2 Å². The lowest BCUT2D eigenvalue weighted by molar-refractivity contribution is -0.137. The van der Waals surface area contributed by atoms with Crippen molar-refractivity contribution in [3.8, 4) is 0 Å². The van der Waals surface area contributed by atoms with E-state index < -0.39 is 11.7 Å². The molecule has 1 saturated heterocycles. The van der Waals surface area contributed by atoms with Crippen LogP contribution in [0.25, 0.3) is 0 Å². The third-order valence-corrected chi connectivity index (χ3v) is 3.13. The summed E-state index contributed by atoms with van der Waals surface area (Å²) in [5, 5.41) is 6.06. The van der Waals surface area contributed by atoms with Crippen molar-refractivity contribution in [2.75, 3.05) is 25.0 Å². The minimum absolute atomic E-state index is 0. The van der Waals surface area contributed by atoms with Gasteiger partial charge in [0, 0.05) is 12.7 Å². The number of rotatable bonds is 3. The monoisotopic (exact) mass is 331 g/mol. The van der Waals surface area contributed by atoms with Crippen LogP contribution in [0.4, 0.5) is 19.0 Å². The number of piperidine rings is 1. The molecule has 0 radical (unpaired) electrons. The minimum atomic E-state index is -4.36. The molecule has 116 valence electrons. The quantitative estimate of drug-likeness (QED) is 0.891. The Kier molecular flexibility index (Phi) is 8.23. The van der Waals surface area contributed by atoms with E-state index in [1.54, 1.807) is 0 Å². The smallest absolute Gasteiger partial charge is 0.369 e. The molecule has 0 atom stereocenters. The van der Waals surface area contributed by atoms with E-state index in [0.29, 0.717) is 12.5 Å². The van der Waals surface area contributed by atoms with Gasteiger partial charge >= 0.3 is 6.18 Å². The average molecular weight is 332 g/mol. The first-order valence-corrected chi connectivity index (χ1v) is 6.04. The molecule has 1 aliphatic heterocycles. The summed E-state index contributed by atoms with van der Waals surface area (Å²) >= 11 is 0. The molecule has 0 saturated carbocycles. The summed E-state index contributed by atoms with van der Waals surface area (Å²) < 4.78 is 38.2. The molecule has 0 unspecified atom stereocenters. The molecule has 0 amide bonds. The zero-order chi connectivity index (χ0) is 13.0. The molecule has 1 fully saturated rings. The molecule has 1 aromatic rings. The Balaban J connectivity index is 0.00000180. The maximum atomic E-state index is 12.7. The molecule has 1 aromatic heterocycles. The largest absolute Gasteiger partial charge is 0.419 e. The lowest BCUT2D eigenvalue weighted by atomic mass is 9.98. The van der Waals surface area contributed by atoms with E-state index >= 15 is 0 Å². The molecule has 0 aromatic carbocycles. The first-order valence-electron chi connectivity index (χ1n) is 6.04. The van der Waals surface area contributed by atoms with Gasteiger partial charge in [0.2, 0.25) is 0 Å². The van der Waals surface area contributed by atoms with Gasteiger partial charge in [-0.1, -0.05) is 0 Å². The number of hydrogen-bond donors (Lipinski definition) is 2. The minimum Gasteiger partial charge on any atom is -0.369 e. The van der Waals surface area contributed by atoms with Crippen molar-refractivity contribution in [2.24, 2.45) is 5.92 Å². The fourth-order valence-corrected chi connectivity index (χ4v) is 2.10. The first-order chi connectivity index (χ1) is 8.57. The number of aromatic nitrogens is 1. The van der Waals surface area contributed by atoms with E-state index in [9.17, 15) is 13.2 Å². The van der Waals surface area contributed by atoms with Gasteiger partial charge in [-0.25, -0.2) is 4.98 Å². The second-order valence-electron chi connectivity index (χ2n) is 4.47. The topological polar surface area (TPSA) is 37.0 Å². The summed E-state index contributed by atoms with van der Waals surface area (Å²) in [6.07, 6.45) is -1.01. The average Bonchev–Trinajstić information content (AvgIpc) is 2.37. The van der Waals surface area contributed by atoms with Crippen LogP contribution in [0, 0.1) is 5.92 Å². The predicted octanol–water partition coefficient (Wildman–Crippen LogP) is 3.36. The van der Waals surface area contributed by atoms with Gasteiger partial charge in [-0.05, 0) is 44.0 Å². The van der Waals surface area contributed by atoms with Gasteiger partial charge in [0.15, 0.2) is 0 Å². The number of nitrogens with zero attached hydrogens (tertiary/aromatic N) is 1. The van der Waals surface area contributed by atoms with Gasteiger partial charge in [-0.15, -0.1) is 24.8 Å². The summed E-state index contributed by atoms with van der Waals surface area (Å²) in [6, 6.07) is 2.36. The second-order valence-corrected chi connectivity index (χ2v) is 4.47. The normalized spacial score (nSPS) is 15.9. The van der Waals surface area contributed by atoms with Crippen LogP contribution < -0.4 is 10.6 Å². The van der Waals surface area contributed by atoms with Gasteiger partial charge in [0.05, 0.1) is 5.56 Å². The molecule has 2 N–H and O–H groups in total. The van der Waals surface area contributed by atoms with Gasteiger partial charge in [0.1, 0.15) is 5.82 Å². The third kappa shape index (κ3) is 5.34. The van der Waals surface area contributed by atoms with E-state index in [1.807, 2.05) is 0 Å². The molecule has 3 nitrogen and oxygen atoms in total. The summed E-state index contributed by atoms with van der Waals surface area (Å²) in [5.74, 6) is 0.345. The number of anilines is 1. The van der Waals surface area contributed by atoms with Crippen molar-refractivity contribution < 1.29 is 13.2 Å². The summed E-state index contributed by atoms with van der Waals surface area (Å²) in [6.45, 7) is 2.41. The molecule has 0 bridgehead atoms. The molecular formula is C12H18Cl2F3N3. The number of nitrogens with one attached hydrogen (secondary N) is 2. The van der Waals surface area contributed by atoms with Crippen LogP contribution in [0.15, 0.2) is 18.3 Å². The molecular weight excluding hydrogens is 314 g/mol. The van der Waals surface area contributed by atoms with E-state index in [4.69, 9.17) is 0 Å². The fourth-order valence-electron chi connectivity index (χ4n) is 2.10. The van der Waals surface area contributed by atoms with E-state index in [1.165, 1.54) is 12.3 Å². The molecule has 0 aliphatic carbocycles. The Morgan fingerprint density at radius 2 is 1.90 bits per heavy atom. The maximum Gasteiger partial charge on any atom is 0.419 e. The zero-order valence-corrected chi connectivity index (χ0v) is 12.4. The number of halogens is 5. The Morgan fingerprint density at radius 1 is 1.25 bits per heavy atom. The molecule has 20 heavy (non-hydrogen) atoms. The van der Waals surface area contributed by atoms with Crippen LogP contribution in [0.5, 0.6) is 0 Å². The van der Waals surface area contributed by atoms with E-state index in [-0.39, 0.29) is 30.6 Å². The summed E-state index contributed by atoms with van der Waals surface area (Å²) in [4.78, 5) is 3.78. The van der Waals surface area contributed by atoms with Crippen molar-refractivity contribution in [3.05, 3.63) is 23.9 Å². The first kappa shape index (κ1) is 19.3. The van der Waals surface area contributed by atoms with E-state index in [0.717, 1.165) is 32.0 Å². The molecule has 2 heterocycles. The standard InChI is InChI=1S/C12H16F3N3.2ClH/c13-12(14,15)10-2-1-5-17-11(10)18-8-9-3-6-16-7-4-9;;/h1-2,5,9,16H,3-4,6-8H2,(H,17,18);2*1H. The highest BCUT2D eigenvalue weighted by molar-refractivity contribution is 5.85. The van der Waals surface area contributed by atoms with E-state index in [2.05, 4.69) is 15.6 Å². The SMILES string of the molecule is Cl.Cl.FC(F)(F)c1cccnc1NCC1CCNCC1. The van der Waals surface area contributed by atoms with Crippen LogP contribution in [0.2, 0.25) is 0 Å². The number of pyridine rings is 1. The van der Waals surface area contributed by atoms with Gasteiger partial charge in [-0.3, -0.25) is 0 Å². The van der Waals surface area contributed by atoms with Crippen molar-refractivity contribution in [1.82, 2.24) is 10.3 Å². The lowest BCUT2D eigenvalue weighted by Gasteiger charge is -2.23. The van der Waals surface area contributed by atoms with Crippen molar-refractivity contribution in [1.29, 1.82) is 0 Å². The third-order valence-electron chi connectivity index (χ3n) is 3.13. The van der Waals surface area contributed by atoms with Gasteiger partial charge < -0.3 is 10.6 Å². The lowest BCUT2D eigenvalue weighted by Crippen LogP contribution is -2.31. The summed E-state index contributed by atoms with van der Waals surface area (Å²) in [7, 11) is 0. The molecule has 0 spiro atoms. The Morgan fingerprint density at radius 3 is 2.50 bits per heavy atom. The van der Waals surface area contributed by atoms with Crippen LogP contribution >= 0.6 is 24.8 Å². The maximum absolute atomic E-state index is 12.7. The van der Waals surface area contributed by atoms with Crippen LogP contribution in [-0.4, -0.2) is 24.6 Å². The highest BCUT2D eigenvalue weighted by Crippen LogP contribution is 2.33. The molecule has 1 aliphatic rings. The van der Waals surface area contributed by atoms with Crippen molar-refractivity contribution in [2.45, 2.75) is 19.0 Å². The Bertz CT molecular complexity index is 396. The van der Waals surface area contributed by atoms with Gasteiger partial charge in [0.25, 0.3) is 0 Å². The Labute approximate surface area is 128 Å².